The zero-order valence-electron chi connectivity index (χ0n) is 28.7. The highest BCUT2D eigenvalue weighted by Gasteiger charge is 2.09. The number of carbonyl (C=O) groups is 3. The molecule has 12 heteroatoms. The summed E-state index contributed by atoms with van der Waals surface area (Å²) in [6, 6.07) is 38.6. The first-order valence-electron chi connectivity index (χ1n) is 16.9. The monoisotopic (exact) mass is 711 g/mol. The van der Waals surface area contributed by atoms with Crippen molar-refractivity contribution in [3.8, 4) is 0 Å². The number of benzene rings is 3. The van der Waals surface area contributed by atoms with Crippen molar-refractivity contribution in [2.75, 3.05) is 16.0 Å². The number of nitrogens with one attached hydrogen (secondary N) is 6. The van der Waals surface area contributed by atoms with Gasteiger partial charge in [0.1, 0.15) is 17.5 Å². The van der Waals surface area contributed by atoms with Gasteiger partial charge in [-0.15, -0.1) is 0 Å². The zero-order chi connectivity index (χ0) is 37.1. The Morgan fingerprint density at radius 3 is 0.944 bits per heavy atom. The average Bonchev–Trinajstić information content (AvgIpc) is 4.01. The second kappa shape index (κ2) is 16.4. The average molecular weight is 712 g/mol. The van der Waals surface area contributed by atoms with Crippen LogP contribution in [0.2, 0.25) is 0 Å². The van der Waals surface area contributed by atoms with E-state index >= 15 is 0 Å². The van der Waals surface area contributed by atoms with Crippen molar-refractivity contribution in [3.63, 3.8) is 0 Å². The van der Waals surface area contributed by atoms with Gasteiger partial charge in [-0.2, -0.15) is 0 Å². The Kier molecular flexibility index (Phi) is 10.5. The summed E-state index contributed by atoms with van der Waals surface area (Å²) >= 11 is 0. The van der Waals surface area contributed by atoms with Crippen molar-refractivity contribution >= 4 is 67.9 Å². The fourth-order valence-electron chi connectivity index (χ4n) is 5.39. The molecule has 12 nitrogen and oxygen atoms in total. The van der Waals surface area contributed by atoms with Gasteiger partial charge in [-0.25, -0.2) is 15.0 Å². The van der Waals surface area contributed by atoms with Crippen molar-refractivity contribution in [1.29, 1.82) is 0 Å². The van der Waals surface area contributed by atoms with Gasteiger partial charge < -0.3 is 30.9 Å². The third kappa shape index (κ3) is 8.71. The van der Waals surface area contributed by atoms with Crippen molar-refractivity contribution < 1.29 is 14.4 Å². The Balaban J connectivity index is 0.000000125. The molecule has 3 aromatic carbocycles. The van der Waals surface area contributed by atoms with E-state index in [1.54, 1.807) is 55.0 Å². The SMILES string of the molecule is O=C(Nc1cc2cc[nH]c2cn1)c1ccccc1.O=C(Nc1cc2cc[nH]c2cn1)c1ccccc1.O=C(Nc1cc2cc[nH]c2cn1)c1ccccc1. The lowest BCUT2D eigenvalue weighted by molar-refractivity contribution is 0.101. The number of hydrogen-bond donors (Lipinski definition) is 6. The molecule has 0 atom stereocenters. The number of hydrogen-bond acceptors (Lipinski definition) is 6. The molecule has 6 N–H and O–H groups in total. The second-order valence-electron chi connectivity index (χ2n) is 11.9. The first kappa shape index (κ1) is 34.6. The van der Waals surface area contributed by atoms with Crippen LogP contribution in [-0.2, 0) is 0 Å². The maximum Gasteiger partial charge on any atom is 0.256 e. The van der Waals surface area contributed by atoms with E-state index in [0.29, 0.717) is 34.1 Å². The number of carbonyl (C=O) groups excluding carboxylic acids is 3. The molecule has 0 saturated carbocycles. The maximum atomic E-state index is 11.9. The van der Waals surface area contributed by atoms with Gasteiger partial charge in [0, 0.05) is 51.4 Å². The largest absolute Gasteiger partial charge is 0.360 e. The normalized spacial score (nSPS) is 10.4. The van der Waals surface area contributed by atoms with Crippen LogP contribution in [0, 0.1) is 0 Å². The highest BCUT2D eigenvalue weighted by atomic mass is 16.2. The Bertz CT molecular complexity index is 2360. The summed E-state index contributed by atoms with van der Waals surface area (Å²) in [5, 5.41) is 11.4. The van der Waals surface area contributed by atoms with Gasteiger partial charge in [-0.3, -0.25) is 14.4 Å². The minimum atomic E-state index is -0.155. The molecule has 54 heavy (non-hydrogen) atoms. The fraction of sp³-hybridized carbons (Fsp3) is 0. The molecule has 6 heterocycles. The lowest BCUT2D eigenvalue weighted by atomic mass is 10.2. The number of nitrogens with zero attached hydrogens (tertiary/aromatic N) is 3. The molecule has 0 spiro atoms. The molecule has 0 aliphatic carbocycles. The molecular weight excluding hydrogens is 679 g/mol. The van der Waals surface area contributed by atoms with Crippen LogP contribution in [0.25, 0.3) is 32.7 Å². The molecule has 0 saturated heterocycles. The molecule has 0 fully saturated rings. The highest BCUT2D eigenvalue weighted by molar-refractivity contribution is 6.05. The molecule has 0 unspecified atom stereocenters. The van der Waals surface area contributed by atoms with Crippen molar-refractivity contribution in [3.05, 3.63) is 181 Å². The van der Waals surface area contributed by atoms with Crippen molar-refractivity contribution in [1.82, 2.24) is 29.9 Å². The summed E-state index contributed by atoms with van der Waals surface area (Å²) in [5.74, 6) is 1.19. The molecule has 3 amide bonds. The number of aromatic amines is 3. The van der Waals surface area contributed by atoms with E-state index in [1.807, 2.05) is 110 Å². The number of rotatable bonds is 6. The number of anilines is 3. The molecule has 9 rings (SSSR count). The summed E-state index contributed by atoms with van der Waals surface area (Å²) in [7, 11) is 0. The Hall–Kier alpha value is -7.86. The molecule has 6 aromatic heterocycles. The van der Waals surface area contributed by atoms with E-state index in [-0.39, 0.29) is 17.7 Å². The van der Waals surface area contributed by atoms with E-state index in [0.717, 1.165) is 32.7 Å². The van der Waals surface area contributed by atoms with Crippen molar-refractivity contribution in [2.24, 2.45) is 0 Å². The first-order valence-corrected chi connectivity index (χ1v) is 16.9. The number of aromatic nitrogens is 6. The van der Waals surface area contributed by atoms with Gasteiger partial charge in [0.05, 0.1) is 35.1 Å². The highest BCUT2D eigenvalue weighted by Crippen LogP contribution is 2.18. The van der Waals surface area contributed by atoms with Gasteiger partial charge in [0.2, 0.25) is 0 Å². The van der Waals surface area contributed by atoms with E-state index in [9.17, 15) is 14.4 Å². The van der Waals surface area contributed by atoms with Crippen LogP contribution in [0.3, 0.4) is 0 Å². The van der Waals surface area contributed by atoms with E-state index in [2.05, 4.69) is 45.9 Å². The summed E-state index contributed by atoms with van der Waals surface area (Å²) in [4.78, 5) is 57.5. The van der Waals surface area contributed by atoms with Gasteiger partial charge in [-0.05, 0) is 72.8 Å². The summed E-state index contributed by atoms with van der Waals surface area (Å²) in [5.41, 5.74) is 4.71. The van der Waals surface area contributed by atoms with Crippen LogP contribution < -0.4 is 16.0 Å². The molecule has 0 bridgehead atoms. The predicted octanol–water partition coefficient (Wildman–Crippen LogP) is 8.45. The van der Waals surface area contributed by atoms with Crippen LogP contribution >= 0.6 is 0 Å². The molecule has 264 valence electrons. The molecule has 0 aliphatic rings. The maximum absolute atomic E-state index is 11.9. The fourth-order valence-corrected chi connectivity index (χ4v) is 5.39. The standard InChI is InChI=1S/3C14H11N3O/c3*18-14(10-4-2-1-3-5-10)17-13-8-11-6-7-15-12(11)9-16-13/h3*1-9,15H,(H,16,17,18). The van der Waals surface area contributed by atoms with Gasteiger partial charge in [0.25, 0.3) is 17.7 Å². The zero-order valence-corrected chi connectivity index (χ0v) is 28.7. The van der Waals surface area contributed by atoms with Crippen molar-refractivity contribution in [2.45, 2.75) is 0 Å². The smallest absolute Gasteiger partial charge is 0.256 e. The van der Waals surface area contributed by atoms with Crippen LogP contribution in [0.5, 0.6) is 0 Å². The topological polar surface area (TPSA) is 173 Å². The molecule has 0 radical (unpaired) electrons. The van der Waals surface area contributed by atoms with Gasteiger partial charge in [-0.1, -0.05) is 54.6 Å². The van der Waals surface area contributed by atoms with E-state index < -0.39 is 0 Å². The van der Waals surface area contributed by atoms with Gasteiger partial charge >= 0.3 is 0 Å². The molecular formula is C42H33N9O3. The Morgan fingerprint density at radius 1 is 0.389 bits per heavy atom. The van der Waals surface area contributed by atoms with E-state index in [4.69, 9.17) is 0 Å². The summed E-state index contributed by atoms with van der Waals surface area (Å²) in [6.07, 6.45) is 10.6. The minimum absolute atomic E-state index is 0.155. The number of H-pyrrole nitrogens is 3. The van der Waals surface area contributed by atoms with E-state index in [1.165, 1.54) is 0 Å². The predicted molar refractivity (Wildman–Crippen MR) is 211 cm³/mol. The van der Waals surface area contributed by atoms with Crippen LogP contribution in [0.4, 0.5) is 17.5 Å². The van der Waals surface area contributed by atoms with Crippen LogP contribution in [0.1, 0.15) is 31.1 Å². The quantitative estimate of drug-likeness (QED) is 0.101. The lowest BCUT2D eigenvalue weighted by Crippen LogP contribution is -2.12. The van der Waals surface area contributed by atoms with Gasteiger partial charge in [0.15, 0.2) is 0 Å². The van der Waals surface area contributed by atoms with Crippen LogP contribution in [-0.4, -0.2) is 47.6 Å². The number of fused-ring (bicyclic) bond motifs is 3. The molecule has 0 aliphatic heterocycles. The lowest BCUT2D eigenvalue weighted by Gasteiger charge is -2.04. The third-order valence-corrected chi connectivity index (χ3v) is 8.15. The third-order valence-electron chi connectivity index (χ3n) is 8.15. The summed E-state index contributed by atoms with van der Waals surface area (Å²) < 4.78 is 0. The van der Waals surface area contributed by atoms with Crippen LogP contribution in [0.15, 0.2) is 165 Å². The number of pyridine rings is 3. The number of amides is 3. The second-order valence-corrected chi connectivity index (χ2v) is 11.9. The molecule has 9 aromatic rings. The minimum Gasteiger partial charge on any atom is -0.360 e. The summed E-state index contributed by atoms with van der Waals surface area (Å²) in [6.45, 7) is 0. The Labute approximate surface area is 308 Å². The first-order chi connectivity index (χ1) is 26.5. The Morgan fingerprint density at radius 2 is 0.667 bits per heavy atom.